The van der Waals surface area contributed by atoms with Crippen LogP contribution in [0.15, 0.2) is 0 Å². The average Bonchev–Trinajstić information content (AvgIpc) is 2.55. The van der Waals surface area contributed by atoms with Crippen molar-refractivity contribution in [3.05, 3.63) is 0 Å². The summed E-state index contributed by atoms with van der Waals surface area (Å²) in [6.45, 7) is 8.88. The Balaban J connectivity index is 2.01. The molecule has 1 N–H and O–H groups in total. The van der Waals surface area contributed by atoms with E-state index in [1.165, 1.54) is 25.7 Å². The van der Waals surface area contributed by atoms with Crippen LogP contribution in [0.4, 0.5) is 0 Å². The molecule has 1 saturated carbocycles. The molecule has 0 aromatic carbocycles. The molecule has 2 rings (SSSR count). The zero-order valence-electron chi connectivity index (χ0n) is 11.6. The van der Waals surface area contributed by atoms with Gasteiger partial charge < -0.3 is 4.90 Å². The van der Waals surface area contributed by atoms with E-state index in [1.54, 1.807) is 0 Å². The molecule has 0 radical (unpaired) electrons. The van der Waals surface area contributed by atoms with Gasteiger partial charge in [0.05, 0.1) is 12.2 Å². The predicted molar refractivity (Wildman–Crippen MR) is 69.6 cm³/mol. The van der Waals surface area contributed by atoms with E-state index in [4.69, 9.17) is 0 Å². The maximum atomic E-state index is 12.3. The molecule has 0 aromatic heterocycles. The van der Waals surface area contributed by atoms with Crippen LogP contribution in [0, 0.1) is 5.41 Å². The molecule has 98 valence electrons. The second kappa shape index (κ2) is 4.60. The summed E-state index contributed by atoms with van der Waals surface area (Å²) in [6, 6.07) is 0.523. The monoisotopic (exact) mass is 238 g/mol. The zero-order valence-corrected chi connectivity index (χ0v) is 11.6. The lowest BCUT2D eigenvalue weighted by Gasteiger charge is -2.40. The minimum absolute atomic E-state index is 0.0555. The van der Waals surface area contributed by atoms with Gasteiger partial charge in [-0.2, -0.15) is 0 Å². The summed E-state index contributed by atoms with van der Waals surface area (Å²) in [5.74, 6) is 0.324. The van der Waals surface area contributed by atoms with Crippen molar-refractivity contribution in [1.82, 2.24) is 10.2 Å². The van der Waals surface area contributed by atoms with Crippen LogP contribution in [0.1, 0.15) is 59.8 Å². The topological polar surface area (TPSA) is 32.3 Å². The van der Waals surface area contributed by atoms with Crippen molar-refractivity contribution in [3.63, 3.8) is 0 Å². The van der Waals surface area contributed by atoms with E-state index < -0.39 is 0 Å². The summed E-state index contributed by atoms with van der Waals surface area (Å²) in [7, 11) is 0. The molecule has 1 aliphatic carbocycles. The van der Waals surface area contributed by atoms with Crippen LogP contribution >= 0.6 is 0 Å². The Bertz CT molecular complexity index is 291. The largest absolute Gasteiger partial charge is 0.323 e. The van der Waals surface area contributed by atoms with Crippen molar-refractivity contribution >= 4 is 5.91 Å². The lowest BCUT2D eigenvalue weighted by Crippen LogP contribution is -2.45. The van der Waals surface area contributed by atoms with Gasteiger partial charge in [-0.25, -0.2) is 0 Å². The van der Waals surface area contributed by atoms with E-state index in [2.05, 4.69) is 37.9 Å². The summed E-state index contributed by atoms with van der Waals surface area (Å²) in [6.07, 6.45) is 5.94. The number of hydrogen-bond acceptors (Lipinski definition) is 2. The molecule has 0 bridgehead atoms. The fourth-order valence-corrected chi connectivity index (χ4v) is 3.26. The predicted octanol–water partition coefficient (Wildman–Crippen LogP) is 2.51. The summed E-state index contributed by atoms with van der Waals surface area (Å²) in [5.41, 5.74) is 0.472. The number of amides is 1. The molecule has 0 aromatic rings. The molecule has 1 heterocycles. The molecule has 17 heavy (non-hydrogen) atoms. The van der Waals surface area contributed by atoms with Gasteiger partial charge in [-0.15, -0.1) is 0 Å². The lowest BCUT2D eigenvalue weighted by atomic mass is 9.75. The quantitative estimate of drug-likeness (QED) is 0.801. The molecular formula is C14H26N2O. The lowest BCUT2D eigenvalue weighted by molar-refractivity contribution is -0.133. The average molecular weight is 238 g/mol. The Morgan fingerprint density at radius 1 is 1.35 bits per heavy atom. The first-order valence-corrected chi connectivity index (χ1v) is 7.03. The Labute approximate surface area is 105 Å². The highest BCUT2D eigenvalue weighted by Gasteiger charge is 2.41. The smallest absolute Gasteiger partial charge is 0.241 e. The fourth-order valence-electron chi connectivity index (χ4n) is 3.26. The van der Waals surface area contributed by atoms with E-state index in [-0.39, 0.29) is 12.2 Å². The highest BCUT2D eigenvalue weighted by atomic mass is 16.2. The number of hydrogen-bond donors (Lipinski definition) is 1. The van der Waals surface area contributed by atoms with E-state index >= 15 is 0 Å². The van der Waals surface area contributed by atoms with Gasteiger partial charge in [0.1, 0.15) is 0 Å². The molecule has 2 fully saturated rings. The minimum Gasteiger partial charge on any atom is -0.323 e. The number of carbonyl (C=O) groups is 1. The summed E-state index contributed by atoms with van der Waals surface area (Å²) in [5, 5.41) is 3.40. The first kappa shape index (κ1) is 12.9. The third kappa shape index (κ3) is 2.49. The first-order chi connectivity index (χ1) is 7.94. The van der Waals surface area contributed by atoms with Gasteiger partial charge in [-0.05, 0) is 44.4 Å². The Morgan fingerprint density at radius 3 is 2.41 bits per heavy atom. The highest BCUT2D eigenvalue weighted by molar-refractivity contribution is 5.84. The molecule has 1 aliphatic heterocycles. The van der Waals surface area contributed by atoms with E-state index in [0.717, 1.165) is 6.42 Å². The van der Waals surface area contributed by atoms with E-state index in [9.17, 15) is 4.79 Å². The molecule has 2 unspecified atom stereocenters. The van der Waals surface area contributed by atoms with Crippen molar-refractivity contribution in [3.8, 4) is 0 Å². The zero-order chi connectivity index (χ0) is 12.6. The number of nitrogens with one attached hydrogen (secondary N) is 1. The number of rotatable bonds is 2. The third-order valence-electron chi connectivity index (χ3n) is 4.52. The number of carbonyl (C=O) groups excluding carboxylic acids is 1. The highest BCUT2D eigenvalue weighted by Crippen LogP contribution is 2.38. The van der Waals surface area contributed by atoms with Crippen LogP contribution in [0.5, 0.6) is 0 Å². The molecule has 3 nitrogen and oxygen atoms in total. The summed E-state index contributed by atoms with van der Waals surface area (Å²) in [4.78, 5) is 14.4. The van der Waals surface area contributed by atoms with Gasteiger partial charge in [-0.1, -0.05) is 20.8 Å². The maximum Gasteiger partial charge on any atom is 0.241 e. The van der Waals surface area contributed by atoms with Crippen molar-refractivity contribution in [2.24, 2.45) is 5.41 Å². The Kier molecular flexibility index (Phi) is 3.48. The summed E-state index contributed by atoms with van der Waals surface area (Å²) >= 11 is 0. The van der Waals surface area contributed by atoms with Crippen molar-refractivity contribution < 1.29 is 4.79 Å². The fraction of sp³-hybridized carbons (Fsp3) is 0.929. The maximum absolute atomic E-state index is 12.3. The van der Waals surface area contributed by atoms with Gasteiger partial charge >= 0.3 is 0 Å². The van der Waals surface area contributed by atoms with Crippen LogP contribution in [0.3, 0.4) is 0 Å². The van der Waals surface area contributed by atoms with Crippen molar-refractivity contribution in [2.45, 2.75) is 78.0 Å². The second-order valence-corrected chi connectivity index (χ2v) is 6.44. The van der Waals surface area contributed by atoms with E-state index in [0.29, 0.717) is 17.4 Å². The first-order valence-electron chi connectivity index (χ1n) is 7.03. The third-order valence-corrected chi connectivity index (χ3v) is 4.52. The van der Waals surface area contributed by atoms with Gasteiger partial charge in [0.25, 0.3) is 0 Å². The van der Waals surface area contributed by atoms with E-state index in [1.807, 2.05) is 0 Å². The van der Waals surface area contributed by atoms with Crippen molar-refractivity contribution in [2.75, 3.05) is 0 Å². The van der Waals surface area contributed by atoms with Gasteiger partial charge in [0.2, 0.25) is 5.91 Å². The molecule has 0 spiro atoms. The van der Waals surface area contributed by atoms with Gasteiger partial charge in [0, 0.05) is 6.04 Å². The molecule has 2 aliphatic rings. The molecule has 2 atom stereocenters. The minimum atomic E-state index is 0.0555. The van der Waals surface area contributed by atoms with Crippen LogP contribution in [-0.2, 0) is 4.79 Å². The Morgan fingerprint density at radius 2 is 1.94 bits per heavy atom. The number of nitrogens with zero attached hydrogens (tertiary/aromatic N) is 1. The SMILES string of the molecule is CCC1NC(C)N(C2CCC(C)(C)CC2)C1=O. The molecule has 1 amide bonds. The molecule has 1 saturated heterocycles. The van der Waals surface area contributed by atoms with Gasteiger partial charge in [-0.3, -0.25) is 10.1 Å². The standard InChI is InChI=1S/C14H26N2O/c1-5-12-13(17)16(10(2)15-12)11-6-8-14(3,4)9-7-11/h10-12,15H,5-9H2,1-4H3. The van der Waals surface area contributed by atoms with Gasteiger partial charge in [0.15, 0.2) is 0 Å². The summed E-state index contributed by atoms with van der Waals surface area (Å²) < 4.78 is 0. The second-order valence-electron chi connectivity index (χ2n) is 6.44. The van der Waals surface area contributed by atoms with Crippen LogP contribution < -0.4 is 5.32 Å². The van der Waals surface area contributed by atoms with Crippen LogP contribution in [0.2, 0.25) is 0 Å². The van der Waals surface area contributed by atoms with Crippen molar-refractivity contribution in [1.29, 1.82) is 0 Å². The molecular weight excluding hydrogens is 212 g/mol. The molecule has 3 heteroatoms. The van der Waals surface area contributed by atoms with Crippen LogP contribution in [0.25, 0.3) is 0 Å². The normalized spacial score (nSPS) is 34.4. The van der Waals surface area contributed by atoms with Crippen LogP contribution in [-0.4, -0.2) is 29.1 Å². The Hall–Kier alpha value is -0.570.